The van der Waals surface area contributed by atoms with E-state index in [-0.39, 0.29) is 6.09 Å². The summed E-state index contributed by atoms with van der Waals surface area (Å²) in [6, 6.07) is 9.77. The molecule has 1 aliphatic rings. The molecule has 1 aromatic carbocycles. The van der Waals surface area contributed by atoms with Crippen LogP contribution in [0.15, 0.2) is 30.3 Å². The largest absolute Gasteiger partial charge is 0.445 e. The number of benzene rings is 1. The van der Waals surface area contributed by atoms with Crippen molar-refractivity contribution in [1.82, 2.24) is 4.90 Å². The number of ether oxygens (including phenoxy) is 1. The molecule has 0 aromatic heterocycles. The van der Waals surface area contributed by atoms with Crippen LogP contribution in [0.25, 0.3) is 0 Å². The average Bonchev–Trinajstić information content (AvgIpc) is 2.46. The molecule has 3 N–H and O–H groups in total. The van der Waals surface area contributed by atoms with Gasteiger partial charge in [0.2, 0.25) is 0 Å². The molecule has 4 nitrogen and oxygen atoms in total. The Labute approximate surface area is 108 Å². The number of quaternary nitrogens is 1. The molecule has 0 atom stereocenters. The molecule has 98 valence electrons. The molecule has 0 saturated carbocycles. The van der Waals surface area contributed by atoms with Gasteiger partial charge in [0.25, 0.3) is 0 Å². The Balaban J connectivity index is 1.75. The summed E-state index contributed by atoms with van der Waals surface area (Å²) in [6.07, 6.45) is 1.90. The topological polar surface area (TPSA) is 57.2 Å². The summed E-state index contributed by atoms with van der Waals surface area (Å²) in [5.41, 5.74) is 4.95. The fourth-order valence-corrected chi connectivity index (χ4v) is 2.21. The Kier molecular flexibility index (Phi) is 4.59. The lowest BCUT2D eigenvalue weighted by Crippen LogP contribution is -2.55. The highest BCUT2D eigenvalue weighted by Crippen LogP contribution is 2.16. The minimum absolute atomic E-state index is 0.193. The minimum atomic E-state index is -0.193. The van der Waals surface area contributed by atoms with Crippen LogP contribution in [0.5, 0.6) is 0 Å². The van der Waals surface area contributed by atoms with E-state index in [1.807, 2.05) is 30.3 Å². The maximum atomic E-state index is 11.9. The van der Waals surface area contributed by atoms with Crippen LogP contribution in [-0.2, 0) is 11.3 Å². The van der Waals surface area contributed by atoms with Crippen molar-refractivity contribution in [2.45, 2.75) is 19.4 Å². The molecule has 1 aromatic rings. The molecular formula is C14H21N2O2+. The molecule has 0 radical (unpaired) electrons. The van der Waals surface area contributed by atoms with Crippen molar-refractivity contribution in [3.05, 3.63) is 35.9 Å². The Morgan fingerprint density at radius 2 is 1.94 bits per heavy atom. The Morgan fingerprint density at radius 1 is 1.28 bits per heavy atom. The number of nitrogens with zero attached hydrogens (tertiary/aromatic N) is 1. The van der Waals surface area contributed by atoms with Crippen LogP contribution in [0.1, 0.15) is 18.4 Å². The fourth-order valence-electron chi connectivity index (χ4n) is 2.21. The van der Waals surface area contributed by atoms with Crippen LogP contribution in [0.2, 0.25) is 0 Å². The molecule has 1 amide bonds. The predicted molar refractivity (Wildman–Crippen MR) is 68.7 cm³/mol. The van der Waals surface area contributed by atoms with Crippen molar-refractivity contribution in [2.75, 3.05) is 19.6 Å². The van der Waals surface area contributed by atoms with Gasteiger partial charge in [-0.05, 0) is 18.4 Å². The summed E-state index contributed by atoms with van der Waals surface area (Å²) < 4.78 is 5.31. The normalized spacial score (nSPS) is 16.6. The number of carbonyl (C=O) groups is 1. The third-order valence-electron chi connectivity index (χ3n) is 3.49. The zero-order valence-electron chi connectivity index (χ0n) is 10.7. The van der Waals surface area contributed by atoms with E-state index < -0.39 is 0 Å². The first-order chi connectivity index (χ1) is 8.79. The number of rotatable bonds is 3. The molecule has 1 heterocycles. The molecule has 4 heteroatoms. The first kappa shape index (κ1) is 12.9. The van der Waals surface area contributed by atoms with E-state index in [2.05, 4.69) is 5.73 Å². The Hall–Kier alpha value is -1.55. The number of carbonyl (C=O) groups excluding carboxylic acids is 1. The van der Waals surface area contributed by atoms with E-state index in [0.717, 1.165) is 38.0 Å². The maximum absolute atomic E-state index is 11.9. The lowest BCUT2D eigenvalue weighted by atomic mass is 9.97. The van der Waals surface area contributed by atoms with Gasteiger partial charge < -0.3 is 15.4 Å². The lowest BCUT2D eigenvalue weighted by molar-refractivity contribution is -0.380. The maximum Gasteiger partial charge on any atom is 0.410 e. The van der Waals surface area contributed by atoms with Gasteiger partial charge in [-0.25, -0.2) is 4.79 Å². The van der Waals surface area contributed by atoms with E-state index >= 15 is 0 Å². The zero-order valence-corrected chi connectivity index (χ0v) is 10.7. The highest BCUT2D eigenvalue weighted by Gasteiger charge is 2.23. The molecule has 0 aliphatic carbocycles. The molecule has 0 spiro atoms. The Bertz CT molecular complexity index is 373. The summed E-state index contributed by atoms with van der Waals surface area (Å²) >= 11 is 0. The van der Waals surface area contributed by atoms with Gasteiger partial charge in [-0.2, -0.15) is 0 Å². The van der Waals surface area contributed by atoms with Gasteiger partial charge >= 0.3 is 6.09 Å². The molecule has 0 unspecified atom stereocenters. The quantitative estimate of drug-likeness (QED) is 0.877. The van der Waals surface area contributed by atoms with Gasteiger partial charge in [-0.3, -0.25) is 0 Å². The first-order valence-electron chi connectivity index (χ1n) is 6.54. The average molecular weight is 249 g/mol. The van der Waals surface area contributed by atoms with Gasteiger partial charge in [0.15, 0.2) is 0 Å². The van der Waals surface area contributed by atoms with Gasteiger partial charge in [0, 0.05) is 19.0 Å². The fraction of sp³-hybridized carbons (Fsp3) is 0.500. The molecule has 1 fully saturated rings. The highest BCUT2D eigenvalue weighted by atomic mass is 16.6. The number of hydrogen-bond acceptors (Lipinski definition) is 2. The van der Waals surface area contributed by atoms with Crippen LogP contribution in [0.4, 0.5) is 4.79 Å². The van der Waals surface area contributed by atoms with Crippen LogP contribution in [0, 0.1) is 5.92 Å². The SMILES string of the molecule is [NH3+]CC1CCN(C(=O)OCc2ccccc2)CC1. The number of piperidine rings is 1. The standard InChI is InChI=1S/C14H20N2O2/c15-10-12-6-8-16(9-7-12)14(17)18-11-13-4-2-1-3-5-13/h1-5,12H,6-11,15H2/p+1. The summed E-state index contributed by atoms with van der Waals surface area (Å²) in [4.78, 5) is 13.7. The molecule has 1 aliphatic heterocycles. The zero-order chi connectivity index (χ0) is 12.8. The lowest BCUT2D eigenvalue weighted by Gasteiger charge is -2.29. The van der Waals surface area contributed by atoms with E-state index in [4.69, 9.17) is 4.74 Å². The number of amides is 1. The van der Waals surface area contributed by atoms with E-state index in [1.54, 1.807) is 4.90 Å². The second-order valence-corrected chi connectivity index (χ2v) is 4.76. The summed E-state index contributed by atoms with van der Waals surface area (Å²) in [7, 11) is 0. The monoisotopic (exact) mass is 249 g/mol. The molecule has 2 rings (SSSR count). The van der Waals surface area contributed by atoms with Gasteiger partial charge in [-0.1, -0.05) is 30.3 Å². The predicted octanol–water partition coefficient (Wildman–Crippen LogP) is 1.28. The smallest absolute Gasteiger partial charge is 0.410 e. The van der Waals surface area contributed by atoms with E-state index in [9.17, 15) is 4.79 Å². The summed E-state index contributed by atoms with van der Waals surface area (Å²) in [6.45, 7) is 2.92. The molecule has 0 bridgehead atoms. The third-order valence-corrected chi connectivity index (χ3v) is 3.49. The van der Waals surface area contributed by atoms with Crippen molar-refractivity contribution in [2.24, 2.45) is 5.92 Å². The van der Waals surface area contributed by atoms with Gasteiger partial charge in [0.05, 0.1) is 6.54 Å². The molecule has 18 heavy (non-hydrogen) atoms. The highest BCUT2D eigenvalue weighted by molar-refractivity contribution is 5.67. The first-order valence-corrected chi connectivity index (χ1v) is 6.54. The van der Waals surface area contributed by atoms with Crippen LogP contribution < -0.4 is 5.73 Å². The number of hydrogen-bond donors (Lipinski definition) is 1. The Morgan fingerprint density at radius 3 is 2.56 bits per heavy atom. The minimum Gasteiger partial charge on any atom is -0.445 e. The second kappa shape index (κ2) is 6.40. The van der Waals surface area contributed by atoms with Crippen molar-refractivity contribution in [3.63, 3.8) is 0 Å². The third kappa shape index (κ3) is 3.47. The summed E-state index contributed by atoms with van der Waals surface area (Å²) in [5, 5.41) is 0. The molecular weight excluding hydrogens is 228 g/mol. The van der Waals surface area contributed by atoms with Gasteiger partial charge in [-0.15, -0.1) is 0 Å². The molecule has 1 saturated heterocycles. The number of likely N-dealkylation sites (tertiary alicyclic amines) is 1. The van der Waals surface area contributed by atoms with Crippen molar-refractivity contribution < 1.29 is 15.3 Å². The van der Waals surface area contributed by atoms with E-state index in [1.165, 1.54) is 0 Å². The van der Waals surface area contributed by atoms with E-state index in [0.29, 0.717) is 12.5 Å². The van der Waals surface area contributed by atoms with Crippen molar-refractivity contribution >= 4 is 6.09 Å². The summed E-state index contributed by atoms with van der Waals surface area (Å²) in [5.74, 6) is 0.670. The van der Waals surface area contributed by atoms with Crippen LogP contribution in [0.3, 0.4) is 0 Å². The van der Waals surface area contributed by atoms with Crippen LogP contribution >= 0.6 is 0 Å². The van der Waals surface area contributed by atoms with Crippen molar-refractivity contribution in [3.8, 4) is 0 Å². The van der Waals surface area contributed by atoms with Gasteiger partial charge in [0.1, 0.15) is 6.61 Å². The second-order valence-electron chi connectivity index (χ2n) is 4.76. The van der Waals surface area contributed by atoms with Crippen LogP contribution in [-0.4, -0.2) is 30.6 Å². The van der Waals surface area contributed by atoms with Crippen molar-refractivity contribution in [1.29, 1.82) is 0 Å².